The Morgan fingerprint density at radius 2 is 1.36 bits per heavy atom. The largest absolute Gasteiger partial charge is 0.475 e. The van der Waals surface area contributed by atoms with E-state index in [0.717, 1.165) is 16.7 Å². The fourth-order valence-electron chi connectivity index (χ4n) is 2.85. The average molecular weight is 377 g/mol. The van der Waals surface area contributed by atoms with Gasteiger partial charge in [0.25, 0.3) is 0 Å². The molecule has 0 N–H and O–H groups in total. The van der Waals surface area contributed by atoms with Gasteiger partial charge in [-0.2, -0.15) is 0 Å². The summed E-state index contributed by atoms with van der Waals surface area (Å²) in [6, 6.07) is 16.6. The lowest BCUT2D eigenvalue weighted by Gasteiger charge is -2.04. The Kier molecular flexibility index (Phi) is 4.86. The summed E-state index contributed by atoms with van der Waals surface area (Å²) in [7, 11) is 0. The van der Waals surface area contributed by atoms with E-state index in [-0.39, 0.29) is 29.9 Å². The van der Waals surface area contributed by atoms with Gasteiger partial charge in [-0.25, -0.2) is 18.2 Å². The summed E-state index contributed by atoms with van der Waals surface area (Å²) < 4.78 is 46.1. The molecular weight excluding hydrogens is 363 g/mol. The minimum absolute atomic E-state index is 0.0271. The summed E-state index contributed by atoms with van der Waals surface area (Å²) in [5.41, 5.74) is 2.12. The van der Waals surface area contributed by atoms with Crippen molar-refractivity contribution in [1.82, 2.24) is 0 Å². The molecule has 1 aliphatic heterocycles. The van der Waals surface area contributed by atoms with E-state index >= 15 is 0 Å². The fraction of sp³-hybridized carbons (Fsp3) is 0.0870. The highest BCUT2D eigenvalue weighted by molar-refractivity contribution is 5.95. The number of hydrogen-bond acceptors (Lipinski definition) is 2. The Balaban J connectivity index is 1.52. The topological polar surface area (TPSA) is 21.6 Å². The van der Waals surface area contributed by atoms with E-state index in [2.05, 4.69) is 16.8 Å². The van der Waals surface area contributed by atoms with Gasteiger partial charge in [-0.15, -0.1) is 0 Å². The molecule has 1 aliphatic rings. The zero-order valence-electron chi connectivity index (χ0n) is 14.6. The average Bonchev–Trinajstić information content (AvgIpc) is 3.17. The third-order valence-corrected chi connectivity index (χ3v) is 4.32. The molecule has 5 heteroatoms. The molecule has 0 bridgehead atoms. The van der Waals surface area contributed by atoms with Crippen molar-refractivity contribution in [3.05, 3.63) is 106 Å². The minimum Gasteiger partial charge on any atom is -0.475 e. The summed E-state index contributed by atoms with van der Waals surface area (Å²) in [4.78, 5) is 4.32. The molecule has 0 radical (unpaired) electrons. The summed E-state index contributed by atoms with van der Waals surface area (Å²) >= 11 is 0. The molecule has 0 aliphatic carbocycles. The molecule has 28 heavy (non-hydrogen) atoms. The molecule has 0 spiro atoms. The lowest BCUT2D eigenvalue weighted by molar-refractivity contribution is 0.317. The predicted octanol–water partition coefficient (Wildman–Crippen LogP) is 5.02. The number of rotatable bonds is 2. The van der Waals surface area contributed by atoms with Crippen molar-refractivity contribution in [2.75, 3.05) is 6.61 Å². The van der Waals surface area contributed by atoms with Crippen LogP contribution in [-0.2, 0) is 4.74 Å². The Morgan fingerprint density at radius 1 is 0.786 bits per heavy atom. The molecular formula is C23H14F3NO. The number of ether oxygens (including phenoxy) is 1. The van der Waals surface area contributed by atoms with Crippen molar-refractivity contribution < 1.29 is 17.9 Å². The number of benzene rings is 3. The Labute approximate surface area is 160 Å². The SMILES string of the molecule is Fc1ccc(C#Cc2ccc(C3COC(c4c(F)cccc4F)=N3)cc2)cc1. The van der Waals surface area contributed by atoms with Gasteiger partial charge in [-0.3, -0.25) is 0 Å². The molecule has 138 valence electrons. The van der Waals surface area contributed by atoms with Gasteiger partial charge in [-0.05, 0) is 54.1 Å². The van der Waals surface area contributed by atoms with E-state index in [0.29, 0.717) is 0 Å². The smallest absolute Gasteiger partial charge is 0.222 e. The van der Waals surface area contributed by atoms with E-state index in [1.54, 1.807) is 12.1 Å². The van der Waals surface area contributed by atoms with E-state index in [4.69, 9.17) is 4.74 Å². The summed E-state index contributed by atoms with van der Waals surface area (Å²) in [5.74, 6) is 4.24. The molecule has 0 amide bonds. The molecule has 1 heterocycles. The van der Waals surface area contributed by atoms with E-state index in [1.165, 1.54) is 30.3 Å². The highest BCUT2D eigenvalue weighted by Crippen LogP contribution is 2.27. The lowest BCUT2D eigenvalue weighted by Crippen LogP contribution is -2.07. The van der Waals surface area contributed by atoms with Crippen LogP contribution in [0.15, 0.2) is 71.7 Å². The molecule has 0 saturated carbocycles. The second kappa shape index (κ2) is 7.61. The molecule has 3 aromatic carbocycles. The maximum Gasteiger partial charge on any atom is 0.222 e. The van der Waals surface area contributed by atoms with Gasteiger partial charge >= 0.3 is 0 Å². The van der Waals surface area contributed by atoms with Crippen molar-refractivity contribution >= 4 is 5.90 Å². The zero-order chi connectivity index (χ0) is 19.5. The van der Waals surface area contributed by atoms with Crippen molar-refractivity contribution in [2.45, 2.75) is 6.04 Å². The number of halogens is 3. The highest BCUT2D eigenvalue weighted by atomic mass is 19.1. The van der Waals surface area contributed by atoms with Gasteiger partial charge in [0.05, 0.1) is 0 Å². The van der Waals surface area contributed by atoms with E-state index < -0.39 is 11.6 Å². The molecule has 1 unspecified atom stereocenters. The monoisotopic (exact) mass is 377 g/mol. The third kappa shape index (κ3) is 3.77. The second-order valence-corrected chi connectivity index (χ2v) is 6.24. The van der Waals surface area contributed by atoms with Gasteiger partial charge in [0.1, 0.15) is 35.7 Å². The van der Waals surface area contributed by atoms with E-state index in [9.17, 15) is 13.2 Å². The Hall–Kier alpha value is -3.52. The normalized spacial score (nSPS) is 15.4. The minimum atomic E-state index is -0.703. The number of aliphatic imine (C=N–C) groups is 1. The maximum absolute atomic E-state index is 13.9. The first-order valence-electron chi connectivity index (χ1n) is 8.63. The number of hydrogen-bond donors (Lipinski definition) is 0. The van der Waals surface area contributed by atoms with Crippen molar-refractivity contribution in [3.63, 3.8) is 0 Å². The standard InChI is InChI=1S/C23H14F3NO/c24-18-12-8-16(9-13-18)5-4-15-6-10-17(11-7-15)21-14-28-23(27-21)22-19(25)2-1-3-20(22)26/h1-3,6-13,21H,14H2. The summed E-state index contributed by atoms with van der Waals surface area (Å²) in [6.45, 7) is 0.212. The van der Waals surface area contributed by atoms with Crippen LogP contribution in [-0.4, -0.2) is 12.5 Å². The van der Waals surface area contributed by atoms with Crippen LogP contribution in [0.5, 0.6) is 0 Å². The molecule has 1 atom stereocenters. The lowest BCUT2D eigenvalue weighted by atomic mass is 10.1. The molecule has 3 aromatic rings. The summed E-state index contributed by atoms with van der Waals surface area (Å²) in [5, 5.41) is 0. The maximum atomic E-state index is 13.9. The number of nitrogens with zero attached hydrogens (tertiary/aromatic N) is 1. The fourth-order valence-corrected chi connectivity index (χ4v) is 2.85. The molecule has 0 aromatic heterocycles. The molecule has 4 rings (SSSR count). The van der Waals surface area contributed by atoms with E-state index in [1.807, 2.05) is 24.3 Å². The van der Waals surface area contributed by atoms with Crippen LogP contribution in [0, 0.1) is 29.3 Å². The predicted molar refractivity (Wildman–Crippen MR) is 100 cm³/mol. The van der Waals surface area contributed by atoms with Gasteiger partial charge < -0.3 is 4.74 Å². The van der Waals surface area contributed by atoms with Crippen LogP contribution in [0.4, 0.5) is 13.2 Å². The molecule has 0 fully saturated rings. The first-order valence-corrected chi connectivity index (χ1v) is 8.63. The summed E-state index contributed by atoms with van der Waals surface area (Å²) in [6.07, 6.45) is 0. The van der Waals surface area contributed by atoms with Crippen LogP contribution < -0.4 is 0 Å². The zero-order valence-corrected chi connectivity index (χ0v) is 14.6. The van der Waals surface area contributed by atoms with Crippen LogP contribution in [0.25, 0.3) is 0 Å². The van der Waals surface area contributed by atoms with Crippen molar-refractivity contribution in [3.8, 4) is 11.8 Å². The van der Waals surface area contributed by atoms with Gasteiger partial charge in [0.15, 0.2) is 0 Å². The van der Waals surface area contributed by atoms with Gasteiger partial charge in [-0.1, -0.05) is 30.0 Å². The van der Waals surface area contributed by atoms with Gasteiger partial charge in [0, 0.05) is 11.1 Å². The van der Waals surface area contributed by atoms with Crippen LogP contribution >= 0.6 is 0 Å². The molecule has 0 saturated heterocycles. The molecule has 2 nitrogen and oxygen atoms in total. The van der Waals surface area contributed by atoms with Crippen LogP contribution in [0.3, 0.4) is 0 Å². The third-order valence-electron chi connectivity index (χ3n) is 4.32. The van der Waals surface area contributed by atoms with Crippen molar-refractivity contribution in [1.29, 1.82) is 0 Å². The second-order valence-electron chi connectivity index (χ2n) is 6.24. The van der Waals surface area contributed by atoms with Crippen molar-refractivity contribution in [2.24, 2.45) is 4.99 Å². The quantitative estimate of drug-likeness (QED) is 0.575. The first kappa shape index (κ1) is 17.9. The van der Waals surface area contributed by atoms with Crippen LogP contribution in [0.1, 0.15) is 28.3 Å². The highest BCUT2D eigenvalue weighted by Gasteiger charge is 2.25. The first-order chi connectivity index (χ1) is 13.6. The van der Waals surface area contributed by atoms with Gasteiger partial charge in [0.2, 0.25) is 5.90 Å². The Morgan fingerprint density at radius 3 is 1.96 bits per heavy atom. The van der Waals surface area contributed by atoms with Crippen LogP contribution in [0.2, 0.25) is 0 Å². The Bertz CT molecular complexity index is 1070.